The van der Waals surface area contributed by atoms with Crippen LogP contribution in [0.4, 0.5) is 13.2 Å². The molecule has 1 aromatic carbocycles. The molecule has 0 spiro atoms. The molecule has 10 heteroatoms. The van der Waals surface area contributed by atoms with E-state index < -0.39 is 11.7 Å². The molecular formula is C15H8Cl2F3N3O2. The molecule has 0 unspecified atom stereocenters. The van der Waals surface area contributed by atoms with Crippen LogP contribution in [-0.4, -0.2) is 15.2 Å². The summed E-state index contributed by atoms with van der Waals surface area (Å²) >= 11 is 11.6. The van der Waals surface area contributed by atoms with Crippen LogP contribution in [0, 0.1) is 0 Å². The molecule has 2 aromatic heterocycles. The summed E-state index contributed by atoms with van der Waals surface area (Å²) in [7, 11) is 0. The number of nitrogens with zero attached hydrogens (tertiary/aromatic N) is 3. The van der Waals surface area contributed by atoms with E-state index in [2.05, 4.69) is 15.2 Å². The van der Waals surface area contributed by atoms with Crippen molar-refractivity contribution in [1.82, 2.24) is 15.2 Å². The van der Waals surface area contributed by atoms with Crippen LogP contribution in [0.25, 0.3) is 11.6 Å². The molecule has 0 aliphatic heterocycles. The Morgan fingerprint density at radius 1 is 1.08 bits per heavy atom. The van der Waals surface area contributed by atoms with Crippen LogP contribution in [-0.2, 0) is 12.8 Å². The van der Waals surface area contributed by atoms with E-state index in [1.807, 2.05) is 0 Å². The predicted molar refractivity (Wildman–Crippen MR) is 83.3 cm³/mol. The van der Waals surface area contributed by atoms with Gasteiger partial charge >= 0.3 is 6.18 Å². The maximum Gasteiger partial charge on any atom is 0.417 e. The lowest BCUT2D eigenvalue weighted by Gasteiger charge is -2.07. The zero-order chi connectivity index (χ0) is 18.0. The fraction of sp³-hybridized carbons (Fsp3) is 0.133. The van der Waals surface area contributed by atoms with Crippen molar-refractivity contribution in [2.45, 2.75) is 12.8 Å². The van der Waals surface area contributed by atoms with Gasteiger partial charge in [-0.2, -0.15) is 13.2 Å². The molecule has 0 aliphatic carbocycles. The van der Waals surface area contributed by atoms with Crippen LogP contribution in [0.2, 0.25) is 10.0 Å². The zero-order valence-electron chi connectivity index (χ0n) is 12.2. The Balaban J connectivity index is 1.74. The lowest BCUT2D eigenvalue weighted by Crippen LogP contribution is -2.05. The summed E-state index contributed by atoms with van der Waals surface area (Å²) in [6.45, 7) is -0.0348. The van der Waals surface area contributed by atoms with Crippen LogP contribution in [0.15, 0.2) is 40.9 Å². The van der Waals surface area contributed by atoms with Crippen molar-refractivity contribution in [3.8, 4) is 17.3 Å². The third-order valence-electron chi connectivity index (χ3n) is 3.01. The number of hydrogen-bond acceptors (Lipinski definition) is 5. The number of benzene rings is 1. The average molecular weight is 390 g/mol. The molecule has 3 rings (SSSR count). The number of ether oxygens (including phenoxy) is 1. The van der Waals surface area contributed by atoms with Gasteiger partial charge in [-0.15, -0.1) is 10.2 Å². The molecule has 0 N–H and O–H groups in total. The fourth-order valence-corrected chi connectivity index (χ4v) is 2.21. The SMILES string of the molecule is FC(F)(F)c1cnc(-c2nnc(COc3ccc(Cl)cc3)o2)c(Cl)c1. The monoisotopic (exact) mass is 389 g/mol. The molecule has 0 radical (unpaired) electrons. The number of pyridine rings is 1. The highest BCUT2D eigenvalue weighted by molar-refractivity contribution is 6.32. The van der Waals surface area contributed by atoms with Gasteiger partial charge in [0.15, 0.2) is 6.61 Å². The van der Waals surface area contributed by atoms with Crippen molar-refractivity contribution in [2.75, 3.05) is 0 Å². The molecule has 0 atom stereocenters. The number of halogens is 5. The minimum Gasteiger partial charge on any atom is -0.484 e. The van der Waals surface area contributed by atoms with E-state index in [-0.39, 0.29) is 29.1 Å². The van der Waals surface area contributed by atoms with Crippen LogP contribution >= 0.6 is 23.2 Å². The van der Waals surface area contributed by atoms with E-state index >= 15 is 0 Å². The van der Waals surface area contributed by atoms with E-state index in [0.717, 1.165) is 6.07 Å². The molecule has 0 aliphatic rings. The van der Waals surface area contributed by atoms with Gasteiger partial charge in [0, 0.05) is 11.2 Å². The summed E-state index contributed by atoms with van der Waals surface area (Å²) < 4.78 is 48.6. The predicted octanol–water partition coefficient (Wildman–Crippen LogP) is 5.04. The molecular weight excluding hydrogens is 382 g/mol. The maximum absolute atomic E-state index is 12.6. The number of hydrogen-bond donors (Lipinski definition) is 0. The second-order valence-corrected chi connectivity index (χ2v) is 5.64. The lowest BCUT2D eigenvalue weighted by atomic mass is 10.2. The summed E-state index contributed by atoms with van der Waals surface area (Å²) in [5.41, 5.74) is -1.01. The van der Waals surface area contributed by atoms with E-state index in [4.69, 9.17) is 32.4 Å². The first-order valence-electron chi connectivity index (χ1n) is 6.77. The van der Waals surface area contributed by atoms with E-state index in [0.29, 0.717) is 17.0 Å². The molecule has 2 heterocycles. The molecule has 3 aromatic rings. The van der Waals surface area contributed by atoms with Gasteiger partial charge in [0.25, 0.3) is 11.8 Å². The number of alkyl halides is 3. The molecule has 0 fully saturated rings. The lowest BCUT2D eigenvalue weighted by molar-refractivity contribution is -0.137. The largest absolute Gasteiger partial charge is 0.484 e. The molecule has 130 valence electrons. The van der Waals surface area contributed by atoms with Crippen LogP contribution in [0.3, 0.4) is 0 Å². The molecule has 5 nitrogen and oxygen atoms in total. The third kappa shape index (κ3) is 4.21. The first kappa shape index (κ1) is 17.5. The minimum atomic E-state index is -4.54. The summed E-state index contributed by atoms with van der Waals surface area (Å²) in [6, 6.07) is 7.38. The summed E-state index contributed by atoms with van der Waals surface area (Å²) in [6.07, 6.45) is -3.89. The van der Waals surface area contributed by atoms with Gasteiger partial charge in [0.1, 0.15) is 11.4 Å². The summed E-state index contributed by atoms with van der Waals surface area (Å²) in [5.74, 6) is 0.547. The Hall–Kier alpha value is -2.32. The maximum atomic E-state index is 12.6. The smallest absolute Gasteiger partial charge is 0.417 e. The standard InChI is InChI=1S/C15H8Cl2F3N3O2/c16-9-1-3-10(4-2-9)24-7-12-22-23-14(25-12)13-11(17)5-8(6-21-13)15(18,19)20/h1-6H,7H2. The Morgan fingerprint density at radius 2 is 1.80 bits per heavy atom. The van der Waals surface area contributed by atoms with Gasteiger partial charge in [-0.3, -0.25) is 0 Å². The van der Waals surface area contributed by atoms with E-state index in [9.17, 15) is 13.2 Å². The van der Waals surface area contributed by atoms with Crippen molar-refractivity contribution in [2.24, 2.45) is 0 Å². The fourth-order valence-electron chi connectivity index (χ4n) is 1.83. The van der Waals surface area contributed by atoms with Gasteiger partial charge in [-0.1, -0.05) is 23.2 Å². The van der Waals surface area contributed by atoms with Gasteiger partial charge < -0.3 is 9.15 Å². The molecule has 0 bridgehead atoms. The number of aromatic nitrogens is 3. The topological polar surface area (TPSA) is 61.0 Å². The van der Waals surface area contributed by atoms with Crippen molar-refractivity contribution < 1.29 is 22.3 Å². The second-order valence-electron chi connectivity index (χ2n) is 4.80. The van der Waals surface area contributed by atoms with E-state index in [1.54, 1.807) is 24.3 Å². The Bertz CT molecular complexity index is 882. The van der Waals surface area contributed by atoms with Gasteiger partial charge in [0.05, 0.1) is 10.6 Å². The third-order valence-corrected chi connectivity index (χ3v) is 3.55. The van der Waals surface area contributed by atoms with E-state index in [1.165, 1.54) is 0 Å². The molecule has 0 saturated heterocycles. The van der Waals surface area contributed by atoms with Crippen LogP contribution in [0.5, 0.6) is 5.75 Å². The Labute approximate surface area is 149 Å². The normalized spacial score (nSPS) is 11.6. The number of rotatable bonds is 4. The first-order chi connectivity index (χ1) is 11.8. The van der Waals surface area contributed by atoms with Crippen molar-refractivity contribution in [3.63, 3.8) is 0 Å². The van der Waals surface area contributed by atoms with Crippen molar-refractivity contribution in [3.05, 3.63) is 58.0 Å². The highest BCUT2D eigenvalue weighted by Crippen LogP contribution is 2.33. The Morgan fingerprint density at radius 3 is 2.44 bits per heavy atom. The van der Waals surface area contributed by atoms with Gasteiger partial charge in [0.2, 0.25) is 0 Å². The quantitative estimate of drug-likeness (QED) is 0.625. The first-order valence-corrected chi connectivity index (χ1v) is 7.52. The zero-order valence-corrected chi connectivity index (χ0v) is 13.7. The highest BCUT2D eigenvalue weighted by Gasteiger charge is 2.32. The molecule has 0 amide bonds. The van der Waals surface area contributed by atoms with Gasteiger partial charge in [-0.05, 0) is 30.3 Å². The summed E-state index contributed by atoms with van der Waals surface area (Å²) in [5, 5.41) is 7.79. The Kier molecular flexibility index (Phi) is 4.82. The highest BCUT2D eigenvalue weighted by atomic mass is 35.5. The van der Waals surface area contributed by atoms with Crippen LogP contribution in [0.1, 0.15) is 11.5 Å². The average Bonchev–Trinajstić information content (AvgIpc) is 3.02. The molecule has 0 saturated carbocycles. The van der Waals surface area contributed by atoms with Crippen molar-refractivity contribution >= 4 is 23.2 Å². The molecule has 25 heavy (non-hydrogen) atoms. The van der Waals surface area contributed by atoms with Crippen molar-refractivity contribution in [1.29, 1.82) is 0 Å². The van der Waals surface area contributed by atoms with Gasteiger partial charge in [-0.25, -0.2) is 4.98 Å². The second kappa shape index (κ2) is 6.89. The van der Waals surface area contributed by atoms with Crippen LogP contribution < -0.4 is 4.74 Å². The minimum absolute atomic E-state index is 0.0348. The summed E-state index contributed by atoms with van der Waals surface area (Å²) in [4.78, 5) is 3.65.